The van der Waals surface area contributed by atoms with E-state index in [1.807, 2.05) is 49.1 Å². The average Bonchev–Trinajstić information content (AvgIpc) is 3.13. The van der Waals surface area contributed by atoms with Crippen LogP contribution >= 0.6 is 0 Å². The first-order chi connectivity index (χ1) is 13.9. The molecule has 0 saturated carbocycles. The van der Waals surface area contributed by atoms with E-state index in [0.717, 1.165) is 11.3 Å². The summed E-state index contributed by atoms with van der Waals surface area (Å²) in [5.74, 6) is 1.57. The molecule has 2 aromatic carbocycles. The van der Waals surface area contributed by atoms with E-state index < -0.39 is 17.7 Å². The minimum absolute atomic E-state index is 0.304. The summed E-state index contributed by atoms with van der Waals surface area (Å²) in [6, 6.07) is 16.7. The molecule has 1 N–H and O–H groups in total. The standard InChI is InChI=1S/C22H22N4O3/c1-14-24-25-19(28-14)13-26(16-7-5-4-6-8-16)20-17-11-15(12-23)9-10-18(17)29-22(2,3)21(20)27/h4-11,20-21,27H,13H2,1-3H3/t20?,21-/m1/s1. The Morgan fingerprint density at radius 3 is 2.59 bits per heavy atom. The van der Waals surface area contributed by atoms with Gasteiger partial charge in [-0.15, -0.1) is 10.2 Å². The van der Waals surface area contributed by atoms with Crippen LogP contribution in [0.25, 0.3) is 0 Å². The van der Waals surface area contributed by atoms with Crippen molar-refractivity contribution >= 4 is 5.69 Å². The molecule has 0 bridgehead atoms. The number of hydrogen-bond acceptors (Lipinski definition) is 7. The van der Waals surface area contributed by atoms with E-state index in [1.54, 1.807) is 25.1 Å². The number of benzene rings is 2. The van der Waals surface area contributed by atoms with Crippen molar-refractivity contribution in [2.24, 2.45) is 0 Å². The number of ether oxygens (including phenoxy) is 1. The Balaban J connectivity index is 1.87. The van der Waals surface area contributed by atoms with Gasteiger partial charge in [-0.2, -0.15) is 5.26 Å². The van der Waals surface area contributed by atoms with Crippen LogP contribution in [0, 0.1) is 18.3 Å². The highest BCUT2D eigenvalue weighted by molar-refractivity contribution is 5.54. The number of hydrogen-bond donors (Lipinski definition) is 1. The molecular weight excluding hydrogens is 368 g/mol. The van der Waals surface area contributed by atoms with Crippen LogP contribution in [0.5, 0.6) is 5.75 Å². The zero-order valence-electron chi connectivity index (χ0n) is 16.5. The first-order valence-corrected chi connectivity index (χ1v) is 9.41. The van der Waals surface area contributed by atoms with Crippen molar-refractivity contribution in [3.63, 3.8) is 0 Å². The minimum atomic E-state index is -0.867. The Hall–Kier alpha value is -3.37. The zero-order chi connectivity index (χ0) is 20.6. The van der Waals surface area contributed by atoms with Gasteiger partial charge in [0.15, 0.2) is 0 Å². The van der Waals surface area contributed by atoms with Gasteiger partial charge in [-0.05, 0) is 44.2 Å². The fourth-order valence-electron chi connectivity index (χ4n) is 3.69. The number of fused-ring (bicyclic) bond motifs is 1. The predicted molar refractivity (Wildman–Crippen MR) is 106 cm³/mol. The van der Waals surface area contributed by atoms with Crippen molar-refractivity contribution < 1.29 is 14.3 Å². The van der Waals surface area contributed by atoms with Crippen molar-refractivity contribution in [2.75, 3.05) is 4.90 Å². The van der Waals surface area contributed by atoms with Crippen molar-refractivity contribution in [2.45, 2.75) is 45.1 Å². The highest BCUT2D eigenvalue weighted by Crippen LogP contribution is 2.45. The van der Waals surface area contributed by atoms with E-state index in [2.05, 4.69) is 16.3 Å². The second kappa shape index (κ2) is 7.22. The number of aliphatic hydroxyl groups is 1. The number of rotatable bonds is 4. The maximum absolute atomic E-state index is 11.3. The lowest BCUT2D eigenvalue weighted by Gasteiger charge is -2.46. The highest BCUT2D eigenvalue weighted by atomic mass is 16.5. The summed E-state index contributed by atoms with van der Waals surface area (Å²) in [6.07, 6.45) is -0.867. The van der Waals surface area contributed by atoms with Crippen molar-refractivity contribution in [1.29, 1.82) is 5.26 Å². The van der Waals surface area contributed by atoms with Gasteiger partial charge in [0, 0.05) is 18.2 Å². The van der Waals surface area contributed by atoms with Crippen LogP contribution < -0.4 is 9.64 Å². The summed E-state index contributed by atoms with van der Waals surface area (Å²) >= 11 is 0. The number of aromatic nitrogens is 2. The Bertz CT molecular complexity index is 1060. The van der Waals surface area contributed by atoms with E-state index in [1.165, 1.54) is 0 Å². The Labute approximate surface area is 169 Å². The molecule has 1 aliphatic heterocycles. The van der Waals surface area contributed by atoms with Gasteiger partial charge < -0.3 is 19.2 Å². The van der Waals surface area contributed by atoms with Gasteiger partial charge in [0.2, 0.25) is 11.8 Å². The molecule has 0 spiro atoms. The number of nitrogens with zero attached hydrogens (tertiary/aromatic N) is 4. The van der Waals surface area contributed by atoms with Gasteiger partial charge in [-0.1, -0.05) is 18.2 Å². The van der Waals surface area contributed by atoms with Crippen molar-refractivity contribution in [3.05, 3.63) is 71.4 Å². The van der Waals surface area contributed by atoms with E-state index in [9.17, 15) is 10.4 Å². The number of aliphatic hydroxyl groups excluding tert-OH is 1. The molecule has 1 aromatic heterocycles. The summed E-state index contributed by atoms with van der Waals surface area (Å²) in [5, 5.41) is 28.8. The maximum Gasteiger partial charge on any atom is 0.235 e. The quantitative estimate of drug-likeness (QED) is 0.728. The molecule has 1 unspecified atom stereocenters. The van der Waals surface area contributed by atoms with Gasteiger partial charge in [-0.25, -0.2) is 0 Å². The predicted octanol–water partition coefficient (Wildman–Crippen LogP) is 3.53. The highest BCUT2D eigenvalue weighted by Gasteiger charge is 2.46. The Morgan fingerprint density at radius 2 is 1.93 bits per heavy atom. The number of anilines is 1. The van der Waals surface area contributed by atoms with Gasteiger partial charge in [0.05, 0.1) is 24.2 Å². The van der Waals surface area contributed by atoms with E-state index in [-0.39, 0.29) is 0 Å². The van der Waals surface area contributed by atoms with Gasteiger partial charge >= 0.3 is 0 Å². The van der Waals surface area contributed by atoms with Crippen LogP contribution in [0.2, 0.25) is 0 Å². The first kappa shape index (κ1) is 19.0. The third kappa shape index (κ3) is 3.55. The fourth-order valence-corrected chi connectivity index (χ4v) is 3.69. The number of aryl methyl sites for hydroxylation is 1. The zero-order valence-corrected chi connectivity index (χ0v) is 16.5. The van der Waals surface area contributed by atoms with E-state index in [4.69, 9.17) is 9.15 Å². The second-order valence-corrected chi connectivity index (χ2v) is 7.64. The van der Waals surface area contributed by atoms with Gasteiger partial charge in [0.25, 0.3) is 0 Å². The maximum atomic E-state index is 11.3. The normalized spacial score (nSPS) is 19.7. The fraction of sp³-hybridized carbons (Fsp3) is 0.318. The lowest BCUT2D eigenvalue weighted by molar-refractivity contribution is -0.0592. The van der Waals surface area contributed by atoms with E-state index in [0.29, 0.717) is 29.6 Å². The Morgan fingerprint density at radius 1 is 1.17 bits per heavy atom. The third-order valence-electron chi connectivity index (χ3n) is 5.14. The molecule has 0 saturated heterocycles. The van der Waals surface area contributed by atoms with Crippen LogP contribution in [-0.2, 0) is 6.54 Å². The summed E-state index contributed by atoms with van der Waals surface area (Å²) in [5.41, 5.74) is 1.31. The van der Waals surface area contributed by atoms with Crippen LogP contribution in [0.3, 0.4) is 0 Å². The topological polar surface area (TPSA) is 95.4 Å². The van der Waals surface area contributed by atoms with Gasteiger partial charge in [0.1, 0.15) is 17.5 Å². The molecule has 148 valence electrons. The summed E-state index contributed by atoms with van der Waals surface area (Å²) in [6.45, 7) is 5.75. The molecule has 0 aliphatic carbocycles. The van der Waals surface area contributed by atoms with E-state index >= 15 is 0 Å². The van der Waals surface area contributed by atoms with Crippen molar-refractivity contribution in [3.8, 4) is 11.8 Å². The lowest BCUT2D eigenvalue weighted by atomic mass is 9.84. The van der Waals surface area contributed by atoms with Crippen LogP contribution in [0.1, 0.15) is 42.8 Å². The monoisotopic (exact) mass is 390 g/mol. The minimum Gasteiger partial charge on any atom is -0.485 e. The summed E-state index contributed by atoms with van der Waals surface area (Å²) < 4.78 is 11.7. The molecule has 0 amide bonds. The molecule has 2 atom stereocenters. The largest absolute Gasteiger partial charge is 0.485 e. The SMILES string of the molecule is Cc1nnc(CN(c2ccccc2)C2c3cc(C#N)ccc3OC(C)(C)[C@@H]2O)o1. The second-order valence-electron chi connectivity index (χ2n) is 7.64. The lowest BCUT2D eigenvalue weighted by Crippen LogP contribution is -2.53. The molecule has 7 nitrogen and oxygen atoms in total. The van der Waals surface area contributed by atoms with Crippen molar-refractivity contribution in [1.82, 2.24) is 10.2 Å². The molecular formula is C22H22N4O3. The van der Waals surface area contributed by atoms with Gasteiger partial charge in [-0.3, -0.25) is 0 Å². The number of nitriles is 1. The molecule has 1 aliphatic rings. The molecule has 2 heterocycles. The average molecular weight is 390 g/mol. The molecule has 3 aromatic rings. The number of para-hydroxylation sites is 1. The van der Waals surface area contributed by atoms with Crippen LogP contribution in [0.4, 0.5) is 5.69 Å². The molecule has 29 heavy (non-hydrogen) atoms. The molecule has 7 heteroatoms. The van der Waals surface area contributed by atoms with Crippen LogP contribution in [-0.4, -0.2) is 27.0 Å². The molecule has 0 fully saturated rings. The summed E-state index contributed by atoms with van der Waals surface area (Å²) in [7, 11) is 0. The van der Waals surface area contributed by atoms with Crippen LogP contribution in [0.15, 0.2) is 52.9 Å². The smallest absolute Gasteiger partial charge is 0.235 e. The molecule has 0 radical (unpaired) electrons. The molecule has 4 rings (SSSR count). The third-order valence-corrected chi connectivity index (χ3v) is 5.14. The first-order valence-electron chi connectivity index (χ1n) is 9.41. The summed E-state index contributed by atoms with van der Waals surface area (Å²) in [4.78, 5) is 2.02. The Kier molecular flexibility index (Phi) is 4.73.